The van der Waals surface area contributed by atoms with Crippen LogP contribution in [0, 0.1) is 10.1 Å². The Morgan fingerprint density at radius 3 is 2.65 bits per heavy atom. The Morgan fingerprint density at radius 1 is 1.35 bits per heavy atom. The van der Waals surface area contributed by atoms with Gasteiger partial charge in [0, 0.05) is 6.20 Å². The minimum absolute atomic E-state index is 0.0238. The van der Waals surface area contributed by atoms with Crippen LogP contribution in [0.3, 0.4) is 0 Å². The lowest BCUT2D eigenvalue weighted by Gasteiger charge is -2.07. The Labute approximate surface area is 131 Å². The summed E-state index contributed by atoms with van der Waals surface area (Å²) in [6, 6.07) is 1.31. The lowest BCUT2D eigenvalue weighted by Crippen LogP contribution is -2.23. The van der Waals surface area contributed by atoms with Crippen molar-refractivity contribution in [1.82, 2.24) is 4.98 Å². The Balaban J connectivity index is 2.98. The Bertz CT molecular complexity index is 616. The van der Waals surface area contributed by atoms with Crippen LogP contribution >= 0.6 is 0 Å². The summed E-state index contributed by atoms with van der Waals surface area (Å²) >= 11 is 0. The largest absolute Gasteiger partial charge is 0.466 e. The number of hydrogen-bond donors (Lipinski definition) is 1. The zero-order valence-corrected chi connectivity index (χ0v) is 12.6. The maximum absolute atomic E-state index is 11.8. The van der Waals surface area contributed by atoms with Crippen molar-refractivity contribution in [1.29, 1.82) is 0 Å². The summed E-state index contributed by atoms with van der Waals surface area (Å²) in [5, 5.41) is 14.6. The molecule has 0 fully saturated rings. The summed E-state index contributed by atoms with van der Waals surface area (Å²) in [4.78, 5) is 37.1. The van der Waals surface area contributed by atoms with E-state index in [4.69, 9.17) is 9.47 Å². The lowest BCUT2D eigenvalue weighted by molar-refractivity contribution is -0.384. The fourth-order valence-electron chi connectivity index (χ4n) is 1.47. The topological polar surface area (TPSA) is 133 Å². The Kier molecular flexibility index (Phi) is 7.11. The third-order valence-electron chi connectivity index (χ3n) is 2.44. The third kappa shape index (κ3) is 5.69. The average molecular weight is 324 g/mol. The van der Waals surface area contributed by atoms with Gasteiger partial charge in [-0.2, -0.15) is 5.10 Å². The number of aromatic nitrogens is 1. The number of ether oxygens (including phenoxy) is 2. The van der Waals surface area contributed by atoms with Gasteiger partial charge in [-0.25, -0.2) is 4.79 Å². The lowest BCUT2D eigenvalue weighted by atomic mass is 10.3. The number of rotatable bonds is 8. The molecule has 0 amide bonds. The normalized spacial score (nSPS) is 10.8. The number of hydrazone groups is 1. The van der Waals surface area contributed by atoms with Crippen LogP contribution in [-0.2, 0) is 19.1 Å². The average Bonchev–Trinajstić information content (AvgIpc) is 2.52. The molecule has 23 heavy (non-hydrogen) atoms. The van der Waals surface area contributed by atoms with E-state index in [0.717, 1.165) is 6.20 Å². The second-order valence-electron chi connectivity index (χ2n) is 4.02. The number of carbonyl (C=O) groups is 2. The quantitative estimate of drug-likeness (QED) is 0.327. The van der Waals surface area contributed by atoms with E-state index in [1.54, 1.807) is 13.8 Å². The number of esters is 2. The Hall–Kier alpha value is -3.04. The highest BCUT2D eigenvalue weighted by molar-refractivity contribution is 6.39. The predicted octanol–water partition coefficient (Wildman–Crippen LogP) is 1.27. The molecule has 0 saturated carbocycles. The molecule has 10 nitrogen and oxygen atoms in total. The van der Waals surface area contributed by atoms with E-state index in [0.29, 0.717) is 0 Å². The number of anilines is 1. The van der Waals surface area contributed by atoms with Gasteiger partial charge in [0.1, 0.15) is 11.9 Å². The number of carbonyl (C=O) groups excluding carboxylic acids is 2. The zero-order chi connectivity index (χ0) is 17.2. The first-order valence-electron chi connectivity index (χ1n) is 6.73. The standard InChI is InChI=1S/C13H16N4O6/c1-3-22-12(18)7-10(13(19)23-4-2)16-15-9-5-6-14-8-11(9)17(20)21/h5-6,8H,3-4,7H2,1-2H3,(H,14,15)/b16-10+. The van der Waals surface area contributed by atoms with E-state index in [9.17, 15) is 19.7 Å². The van der Waals surface area contributed by atoms with Crippen molar-refractivity contribution >= 4 is 29.0 Å². The van der Waals surface area contributed by atoms with Gasteiger partial charge in [-0.15, -0.1) is 0 Å². The van der Waals surface area contributed by atoms with Gasteiger partial charge in [0.05, 0.1) is 24.6 Å². The molecule has 10 heteroatoms. The van der Waals surface area contributed by atoms with Crippen molar-refractivity contribution in [2.75, 3.05) is 18.6 Å². The van der Waals surface area contributed by atoms with Gasteiger partial charge in [-0.05, 0) is 19.9 Å². The van der Waals surface area contributed by atoms with Crippen molar-refractivity contribution < 1.29 is 24.0 Å². The monoisotopic (exact) mass is 324 g/mol. The second kappa shape index (κ2) is 9.07. The smallest absolute Gasteiger partial charge is 0.355 e. The Morgan fingerprint density at radius 2 is 2.04 bits per heavy atom. The van der Waals surface area contributed by atoms with Gasteiger partial charge >= 0.3 is 17.6 Å². The molecule has 0 aromatic carbocycles. The number of pyridine rings is 1. The van der Waals surface area contributed by atoms with Crippen molar-refractivity contribution in [3.05, 3.63) is 28.6 Å². The molecule has 0 spiro atoms. The van der Waals surface area contributed by atoms with Crippen LogP contribution in [0.25, 0.3) is 0 Å². The van der Waals surface area contributed by atoms with Gasteiger partial charge in [0.25, 0.3) is 0 Å². The van der Waals surface area contributed by atoms with Gasteiger partial charge in [-0.3, -0.25) is 25.3 Å². The van der Waals surface area contributed by atoms with E-state index >= 15 is 0 Å². The number of nitrogens with one attached hydrogen (secondary N) is 1. The number of nitrogens with zero attached hydrogens (tertiary/aromatic N) is 3. The molecule has 0 bridgehead atoms. The van der Waals surface area contributed by atoms with E-state index in [-0.39, 0.29) is 30.3 Å². The van der Waals surface area contributed by atoms with Crippen LogP contribution < -0.4 is 5.43 Å². The van der Waals surface area contributed by atoms with Gasteiger partial charge < -0.3 is 9.47 Å². The maximum Gasteiger partial charge on any atom is 0.355 e. The summed E-state index contributed by atoms with van der Waals surface area (Å²) in [7, 11) is 0. The predicted molar refractivity (Wildman–Crippen MR) is 79.8 cm³/mol. The van der Waals surface area contributed by atoms with E-state index in [2.05, 4.69) is 15.5 Å². The summed E-state index contributed by atoms with van der Waals surface area (Å²) in [5.41, 5.74) is 1.83. The van der Waals surface area contributed by atoms with Gasteiger partial charge in [0.2, 0.25) is 0 Å². The number of nitro groups is 1. The summed E-state index contributed by atoms with van der Waals surface area (Å²) < 4.78 is 9.53. The fourth-order valence-corrected chi connectivity index (χ4v) is 1.47. The molecule has 1 heterocycles. The highest BCUT2D eigenvalue weighted by Crippen LogP contribution is 2.21. The number of hydrogen-bond acceptors (Lipinski definition) is 9. The molecular weight excluding hydrogens is 308 g/mol. The molecule has 0 aliphatic carbocycles. The van der Waals surface area contributed by atoms with Crippen LogP contribution in [0.5, 0.6) is 0 Å². The first-order chi connectivity index (χ1) is 11.0. The van der Waals surface area contributed by atoms with Crippen molar-refractivity contribution in [2.45, 2.75) is 20.3 Å². The van der Waals surface area contributed by atoms with Crippen molar-refractivity contribution in [3.63, 3.8) is 0 Å². The van der Waals surface area contributed by atoms with Crippen LogP contribution in [0.15, 0.2) is 23.6 Å². The molecular formula is C13H16N4O6. The molecule has 0 radical (unpaired) electrons. The third-order valence-corrected chi connectivity index (χ3v) is 2.44. The van der Waals surface area contributed by atoms with E-state index < -0.39 is 23.3 Å². The summed E-state index contributed by atoms with van der Waals surface area (Å²) in [5.74, 6) is -1.48. The van der Waals surface area contributed by atoms with Crippen LogP contribution in [0.2, 0.25) is 0 Å². The molecule has 124 valence electrons. The second-order valence-corrected chi connectivity index (χ2v) is 4.02. The molecule has 1 aromatic heterocycles. The first-order valence-corrected chi connectivity index (χ1v) is 6.73. The van der Waals surface area contributed by atoms with Crippen LogP contribution in [0.4, 0.5) is 11.4 Å². The van der Waals surface area contributed by atoms with Crippen molar-refractivity contribution in [2.24, 2.45) is 5.10 Å². The molecule has 0 unspecified atom stereocenters. The highest BCUT2D eigenvalue weighted by Gasteiger charge is 2.19. The molecule has 1 N–H and O–H groups in total. The van der Waals surface area contributed by atoms with E-state index in [1.165, 1.54) is 12.3 Å². The maximum atomic E-state index is 11.8. The molecule has 1 rings (SSSR count). The van der Waals surface area contributed by atoms with E-state index in [1.807, 2.05) is 0 Å². The zero-order valence-electron chi connectivity index (χ0n) is 12.6. The minimum atomic E-state index is -0.815. The summed E-state index contributed by atoms with van der Waals surface area (Å²) in [6.07, 6.45) is 1.94. The first kappa shape index (κ1) is 18.0. The molecule has 0 aliphatic rings. The van der Waals surface area contributed by atoms with Crippen molar-refractivity contribution in [3.8, 4) is 0 Å². The molecule has 0 aliphatic heterocycles. The molecule has 0 saturated heterocycles. The fraction of sp³-hybridized carbons (Fsp3) is 0.385. The van der Waals surface area contributed by atoms with Crippen LogP contribution in [-0.4, -0.2) is 40.8 Å². The summed E-state index contributed by atoms with van der Waals surface area (Å²) in [6.45, 7) is 3.47. The minimum Gasteiger partial charge on any atom is -0.466 e. The SMILES string of the molecule is CCOC(=O)C/C(=N\Nc1ccncc1[N+](=O)[O-])C(=O)OCC. The molecule has 0 atom stereocenters. The van der Waals surface area contributed by atoms with Crippen LogP contribution in [0.1, 0.15) is 20.3 Å². The molecule has 1 aromatic rings. The van der Waals surface area contributed by atoms with Gasteiger partial charge in [-0.1, -0.05) is 0 Å². The van der Waals surface area contributed by atoms with Gasteiger partial charge in [0.15, 0.2) is 5.71 Å². The highest BCUT2D eigenvalue weighted by atomic mass is 16.6.